The van der Waals surface area contributed by atoms with Crippen molar-refractivity contribution in [1.29, 1.82) is 0 Å². The van der Waals surface area contributed by atoms with E-state index >= 15 is 0 Å². The zero-order valence-electron chi connectivity index (χ0n) is 17.6. The topological polar surface area (TPSA) is 34.9 Å². The Kier molecular flexibility index (Phi) is 5.66. The standard InChI is InChI=1S/C26H30N2O/c1-18(2)22-16-14-19(3)24-25(21-12-8-5-9-13-21)27-28(26(22)24)23(29)17-15-20-10-6-4-7-11-20/h4-13,18-19,22H,14-17H2,1-3H3/t19-,22-/m1/s1. The van der Waals surface area contributed by atoms with Crippen LogP contribution in [-0.4, -0.2) is 15.7 Å². The molecule has 0 radical (unpaired) electrons. The van der Waals surface area contributed by atoms with Gasteiger partial charge in [0.1, 0.15) is 0 Å². The van der Waals surface area contributed by atoms with Gasteiger partial charge in [-0.15, -0.1) is 0 Å². The van der Waals surface area contributed by atoms with E-state index in [0.717, 1.165) is 36.2 Å². The molecular formula is C26H30N2O. The van der Waals surface area contributed by atoms with E-state index in [1.165, 1.54) is 11.1 Å². The van der Waals surface area contributed by atoms with Crippen LogP contribution in [0, 0.1) is 5.92 Å². The van der Waals surface area contributed by atoms with Gasteiger partial charge in [-0.1, -0.05) is 81.4 Å². The summed E-state index contributed by atoms with van der Waals surface area (Å²) >= 11 is 0. The molecule has 3 heteroatoms. The molecule has 1 heterocycles. The summed E-state index contributed by atoms with van der Waals surface area (Å²) < 4.78 is 1.76. The van der Waals surface area contributed by atoms with Gasteiger partial charge in [0.15, 0.2) is 0 Å². The minimum atomic E-state index is 0.104. The summed E-state index contributed by atoms with van der Waals surface area (Å²) in [5, 5.41) is 4.92. The van der Waals surface area contributed by atoms with Crippen molar-refractivity contribution in [2.75, 3.05) is 0 Å². The predicted octanol–water partition coefficient (Wildman–Crippen LogP) is 6.46. The Labute approximate surface area is 173 Å². The third-order valence-corrected chi connectivity index (χ3v) is 6.27. The van der Waals surface area contributed by atoms with Crippen molar-refractivity contribution in [3.05, 3.63) is 77.5 Å². The lowest BCUT2D eigenvalue weighted by molar-refractivity contribution is 0.0879. The van der Waals surface area contributed by atoms with Crippen LogP contribution in [0.2, 0.25) is 0 Å². The Hall–Kier alpha value is -2.68. The van der Waals surface area contributed by atoms with E-state index in [1.807, 2.05) is 36.4 Å². The van der Waals surface area contributed by atoms with Gasteiger partial charge >= 0.3 is 0 Å². The van der Waals surface area contributed by atoms with Crippen LogP contribution in [0.5, 0.6) is 0 Å². The van der Waals surface area contributed by atoms with Gasteiger partial charge in [0.25, 0.3) is 0 Å². The first-order valence-corrected chi connectivity index (χ1v) is 10.8. The van der Waals surface area contributed by atoms with Crippen molar-refractivity contribution < 1.29 is 4.79 Å². The van der Waals surface area contributed by atoms with Crippen LogP contribution < -0.4 is 0 Å². The fourth-order valence-corrected chi connectivity index (χ4v) is 4.65. The van der Waals surface area contributed by atoms with Gasteiger partial charge in [-0.05, 0) is 36.7 Å². The van der Waals surface area contributed by atoms with E-state index in [9.17, 15) is 4.79 Å². The van der Waals surface area contributed by atoms with Gasteiger partial charge < -0.3 is 0 Å². The maximum absolute atomic E-state index is 13.3. The molecule has 1 aliphatic rings. The molecule has 0 bridgehead atoms. The van der Waals surface area contributed by atoms with Crippen molar-refractivity contribution in [2.45, 2.75) is 58.3 Å². The van der Waals surface area contributed by atoms with E-state index in [-0.39, 0.29) is 5.91 Å². The zero-order valence-corrected chi connectivity index (χ0v) is 17.6. The molecule has 0 unspecified atom stereocenters. The minimum Gasteiger partial charge on any atom is -0.273 e. The lowest BCUT2D eigenvalue weighted by Gasteiger charge is -2.30. The second-order valence-electron chi connectivity index (χ2n) is 8.63. The fraction of sp³-hybridized carbons (Fsp3) is 0.385. The molecule has 4 rings (SSSR count). The highest BCUT2D eigenvalue weighted by molar-refractivity contribution is 5.81. The maximum Gasteiger partial charge on any atom is 0.247 e. The molecule has 0 amide bonds. The van der Waals surface area contributed by atoms with Crippen molar-refractivity contribution >= 4 is 5.91 Å². The molecule has 150 valence electrons. The predicted molar refractivity (Wildman–Crippen MR) is 118 cm³/mol. The molecular weight excluding hydrogens is 356 g/mol. The monoisotopic (exact) mass is 386 g/mol. The van der Waals surface area contributed by atoms with E-state index in [4.69, 9.17) is 5.10 Å². The molecule has 0 saturated heterocycles. The second-order valence-corrected chi connectivity index (χ2v) is 8.63. The van der Waals surface area contributed by atoms with E-state index in [2.05, 4.69) is 45.0 Å². The third kappa shape index (κ3) is 3.91. The largest absolute Gasteiger partial charge is 0.273 e. The van der Waals surface area contributed by atoms with Gasteiger partial charge in [0.2, 0.25) is 5.91 Å². The van der Waals surface area contributed by atoms with Crippen LogP contribution in [0.15, 0.2) is 60.7 Å². The summed E-state index contributed by atoms with van der Waals surface area (Å²) in [5.74, 6) is 1.40. The molecule has 3 aromatic rings. The van der Waals surface area contributed by atoms with Crippen LogP contribution in [0.1, 0.15) is 73.5 Å². The summed E-state index contributed by atoms with van der Waals surface area (Å²) in [6.07, 6.45) is 3.50. The van der Waals surface area contributed by atoms with Gasteiger partial charge in [-0.2, -0.15) is 5.10 Å². The van der Waals surface area contributed by atoms with Crippen molar-refractivity contribution in [3.63, 3.8) is 0 Å². The highest BCUT2D eigenvalue weighted by Crippen LogP contribution is 2.46. The van der Waals surface area contributed by atoms with E-state index in [1.54, 1.807) is 4.68 Å². The Morgan fingerprint density at radius 1 is 1.03 bits per heavy atom. The Bertz CT molecular complexity index is 973. The highest BCUT2D eigenvalue weighted by Gasteiger charge is 2.35. The number of hydrogen-bond acceptors (Lipinski definition) is 2. The molecule has 1 aromatic heterocycles. The number of nitrogens with zero attached hydrogens (tertiary/aromatic N) is 2. The number of carbonyl (C=O) groups is 1. The molecule has 2 atom stereocenters. The van der Waals surface area contributed by atoms with Crippen LogP contribution >= 0.6 is 0 Å². The first-order valence-electron chi connectivity index (χ1n) is 10.8. The van der Waals surface area contributed by atoms with Gasteiger partial charge in [0, 0.05) is 23.5 Å². The number of benzene rings is 2. The second kappa shape index (κ2) is 8.36. The number of aromatic nitrogens is 2. The van der Waals surface area contributed by atoms with Crippen molar-refractivity contribution in [1.82, 2.24) is 9.78 Å². The van der Waals surface area contributed by atoms with Crippen LogP contribution in [0.3, 0.4) is 0 Å². The molecule has 0 saturated carbocycles. The Morgan fingerprint density at radius 2 is 1.69 bits per heavy atom. The Balaban J connectivity index is 1.75. The fourth-order valence-electron chi connectivity index (χ4n) is 4.65. The lowest BCUT2D eigenvalue weighted by atomic mass is 9.75. The molecule has 0 aliphatic heterocycles. The number of aryl methyl sites for hydroxylation is 1. The smallest absolute Gasteiger partial charge is 0.247 e. The molecule has 1 aliphatic carbocycles. The normalized spacial score (nSPS) is 18.6. The summed E-state index contributed by atoms with van der Waals surface area (Å²) in [5.41, 5.74) is 5.74. The number of hydrogen-bond donors (Lipinski definition) is 0. The lowest BCUT2D eigenvalue weighted by Crippen LogP contribution is -2.24. The SMILES string of the molecule is CC(C)[C@H]1CC[C@@H](C)c2c(-c3ccccc3)nn(C(=O)CCc3ccccc3)c21. The molecule has 3 nitrogen and oxygen atoms in total. The molecule has 2 aromatic carbocycles. The average molecular weight is 387 g/mol. The van der Waals surface area contributed by atoms with Crippen molar-refractivity contribution in [2.24, 2.45) is 5.92 Å². The molecule has 29 heavy (non-hydrogen) atoms. The zero-order chi connectivity index (χ0) is 20.4. The first kappa shape index (κ1) is 19.6. The van der Waals surface area contributed by atoms with E-state index in [0.29, 0.717) is 24.2 Å². The summed E-state index contributed by atoms with van der Waals surface area (Å²) in [6.45, 7) is 6.80. The van der Waals surface area contributed by atoms with Gasteiger partial charge in [-0.25, -0.2) is 4.68 Å². The average Bonchev–Trinajstić information content (AvgIpc) is 3.15. The summed E-state index contributed by atoms with van der Waals surface area (Å²) in [4.78, 5) is 13.3. The molecule has 0 spiro atoms. The van der Waals surface area contributed by atoms with Crippen LogP contribution in [-0.2, 0) is 6.42 Å². The summed E-state index contributed by atoms with van der Waals surface area (Å²) in [7, 11) is 0. The number of fused-ring (bicyclic) bond motifs is 1. The van der Waals surface area contributed by atoms with Gasteiger partial charge in [-0.3, -0.25) is 4.79 Å². The number of rotatable bonds is 5. The van der Waals surface area contributed by atoms with Crippen LogP contribution in [0.4, 0.5) is 0 Å². The highest BCUT2D eigenvalue weighted by atomic mass is 16.2. The molecule has 0 N–H and O–H groups in total. The van der Waals surface area contributed by atoms with Gasteiger partial charge in [0.05, 0.1) is 11.4 Å². The third-order valence-electron chi connectivity index (χ3n) is 6.27. The Morgan fingerprint density at radius 3 is 2.34 bits per heavy atom. The first-order chi connectivity index (χ1) is 14.1. The quantitative estimate of drug-likeness (QED) is 0.504. The minimum absolute atomic E-state index is 0.104. The van der Waals surface area contributed by atoms with Crippen molar-refractivity contribution in [3.8, 4) is 11.3 Å². The molecule has 0 fully saturated rings. The maximum atomic E-state index is 13.3. The van der Waals surface area contributed by atoms with Crippen LogP contribution in [0.25, 0.3) is 11.3 Å². The number of carbonyl (C=O) groups excluding carboxylic acids is 1. The van der Waals surface area contributed by atoms with E-state index < -0.39 is 0 Å². The summed E-state index contributed by atoms with van der Waals surface area (Å²) in [6, 6.07) is 20.6.